The Hall–Kier alpha value is -1.39. The zero-order valence-corrected chi connectivity index (χ0v) is 11.2. The third-order valence-corrected chi connectivity index (χ3v) is 4.21. The minimum absolute atomic E-state index is 0.104. The standard InChI is InChI=1S/C15H21N3O/c19-12-15-17(13-5-2-1-3-6-13)9-10-18(15)14-7-4-8-16-11-14/h1-3,5-6,12,14-16H,4,7-11H2. The van der Waals surface area contributed by atoms with Crippen LogP contribution in [0, 0.1) is 0 Å². The van der Waals surface area contributed by atoms with Crippen LogP contribution < -0.4 is 10.2 Å². The number of rotatable bonds is 3. The summed E-state index contributed by atoms with van der Waals surface area (Å²) >= 11 is 0. The molecule has 19 heavy (non-hydrogen) atoms. The van der Waals surface area contributed by atoms with E-state index in [1.807, 2.05) is 18.2 Å². The molecule has 4 nitrogen and oxygen atoms in total. The second-order valence-corrected chi connectivity index (χ2v) is 5.32. The van der Waals surface area contributed by atoms with Crippen molar-refractivity contribution in [3.05, 3.63) is 30.3 Å². The molecule has 0 amide bonds. The van der Waals surface area contributed by atoms with E-state index in [2.05, 4.69) is 27.2 Å². The summed E-state index contributed by atoms with van der Waals surface area (Å²) in [6.07, 6.45) is 3.39. The van der Waals surface area contributed by atoms with Crippen LogP contribution >= 0.6 is 0 Å². The van der Waals surface area contributed by atoms with E-state index < -0.39 is 0 Å². The highest BCUT2D eigenvalue weighted by atomic mass is 16.1. The van der Waals surface area contributed by atoms with Gasteiger partial charge in [0, 0.05) is 31.4 Å². The number of nitrogens with zero attached hydrogens (tertiary/aromatic N) is 2. The van der Waals surface area contributed by atoms with Gasteiger partial charge in [-0.1, -0.05) is 18.2 Å². The second kappa shape index (κ2) is 5.72. The van der Waals surface area contributed by atoms with Crippen molar-refractivity contribution < 1.29 is 4.79 Å². The molecular formula is C15H21N3O. The first-order valence-corrected chi connectivity index (χ1v) is 7.13. The molecule has 0 saturated carbocycles. The Bertz CT molecular complexity index is 417. The first-order chi connectivity index (χ1) is 9.40. The zero-order chi connectivity index (χ0) is 13.1. The SMILES string of the molecule is O=CC1N(c2ccccc2)CCN1C1CCCNC1. The molecule has 2 saturated heterocycles. The summed E-state index contributed by atoms with van der Waals surface area (Å²) in [4.78, 5) is 16.1. The minimum Gasteiger partial charge on any atom is -0.348 e. The first kappa shape index (κ1) is 12.6. The van der Waals surface area contributed by atoms with Gasteiger partial charge in [0.2, 0.25) is 0 Å². The summed E-state index contributed by atoms with van der Waals surface area (Å²) in [7, 11) is 0. The summed E-state index contributed by atoms with van der Waals surface area (Å²) in [6, 6.07) is 10.7. The lowest BCUT2D eigenvalue weighted by molar-refractivity contribution is -0.112. The molecule has 1 aromatic rings. The highest BCUT2D eigenvalue weighted by Gasteiger charge is 2.36. The van der Waals surface area contributed by atoms with Crippen molar-refractivity contribution in [2.75, 3.05) is 31.1 Å². The highest BCUT2D eigenvalue weighted by molar-refractivity contribution is 5.67. The van der Waals surface area contributed by atoms with Crippen LogP contribution in [0.2, 0.25) is 0 Å². The number of para-hydroxylation sites is 1. The van der Waals surface area contributed by atoms with Gasteiger partial charge in [-0.3, -0.25) is 9.69 Å². The molecule has 4 heteroatoms. The molecule has 2 heterocycles. The fraction of sp³-hybridized carbons (Fsp3) is 0.533. The third kappa shape index (κ3) is 2.51. The predicted molar refractivity (Wildman–Crippen MR) is 76.2 cm³/mol. The van der Waals surface area contributed by atoms with Crippen LogP contribution in [0.25, 0.3) is 0 Å². The Morgan fingerprint density at radius 1 is 1.21 bits per heavy atom. The first-order valence-electron chi connectivity index (χ1n) is 7.13. The monoisotopic (exact) mass is 259 g/mol. The summed E-state index contributed by atoms with van der Waals surface area (Å²) in [5, 5.41) is 3.43. The van der Waals surface area contributed by atoms with Crippen molar-refractivity contribution in [1.29, 1.82) is 0 Å². The number of piperidine rings is 1. The van der Waals surface area contributed by atoms with E-state index in [4.69, 9.17) is 0 Å². The van der Waals surface area contributed by atoms with Crippen LogP contribution in [0.15, 0.2) is 30.3 Å². The average molecular weight is 259 g/mol. The lowest BCUT2D eigenvalue weighted by Crippen LogP contribution is -2.51. The Balaban J connectivity index is 1.76. The zero-order valence-electron chi connectivity index (χ0n) is 11.2. The van der Waals surface area contributed by atoms with Gasteiger partial charge in [0.1, 0.15) is 6.17 Å². The average Bonchev–Trinajstić information content (AvgIpc) is 2.93. The number of carbonyl (C=O) groups excluding carboxylic acids is 1. The largest absolute Gasteiger partial charge is 0.348 e. The molecule has 0 radical (unpaired) electrons. The van der Waals surface area contributed by atoms with Crippen molar-refractivity contribution >= 4 is 12.0 Å². The van der Waals surface area contributed by atoms with Crippen molar-refractivity contribution in [2.45, 2.75) is 25.0 Å². The Labute approximate surface area is 114 Å². The number of nitrogens with one attached hydrogen (secondary N) is 1. The molecule has 2 fully saturated rings. The quantitative estimate of drug-likeness (QED) is 0.824. The van der Waals surface area contributed by atoms with E-state index in [0.717, 1.165) is 38.2 Å². The van der Waals surface area contributed by atoms with E-state index in [1.54, 1.807) is 0 Å². The van der Waals surface area contributed by atoms with Crippen molar-refractivity contribution in [3.8, 4) is 0 Å². The molecule has 2 aliphatic rings. The smallest absolute Gasteiger partial charge is 0.157 e. The third-order valence-electron chi connectivity index (χ3n) is 4.21. The molecule has 2 atom stereocenters. The van der Waals surface area contributed by atoms with Crippen molar-refractivity contribution in [3.63, 3.8) is 0 Å². The molecule has 0 bridgehead atoms. The van der Waals surface area contributed by atoms with Gasteiger partial charge in [-0.2, -0.15) is 0 Å². The number of anilines is 1. The maximum absolute atomic E-state index is 11.5. The number of benzene rings is 1. The van der Waals surface area contributed by atoms with E-state index >= 15 is 0 Å². The highest BCUT2D eigenvalue weighted by Crippen LogP contribution is 2.25. The number of hydrogen-bond donors (Lipinski definition) is 1. The van der Waals surface area contributed by atoms with Crippen LogP contribution in [0.1, 0.15) is 12.8 Å². The molecule has 102 valence electrons. The normalized spacial score (nSPS) is 28.5. The van der Waals surface area contributed by atoms with Gasteiger partial charge in [-0.25, -0.2) is 0 Å². The second-order valence-electron chi connectivity index (χ2n) is 5.32. The molecule has 0 aliphatic carbocycles. The molecular weight excluding hydrogens is 238 g/mol. The maximum Gasteiger partial charge on any atom is 0.157 e. The topological polar surface area (TPSA) is 35.6 Å². The number of aldehydes is 1. The minimum atomic E-state index is -0.104. The van der Waals surface area contributed by atoms with Gasteiger partial charge in [0.25, 0.3) is 0 Å². The molecule has 0 spiro atoms. The number of carbonyl (C=O) groups is 1. The Morgan fingerprint density at radius 3 is 2.74 bits per heavy atom. The van der Waals surface area contributed by atoms with Crippen molar-refractivity contribution in [2.24, 2.45) is 0 Å². The van der Waals surface area contributed by atoms with Gasteiger partial charge < -0.3 is 10.2 Å². The van der Waals surface area contributed by atoms with Gasteiger partial charge >= 0.3 is 0 Å². The van der Waals surface area contributed by atoms with Crippen LogP contribution in [-0.2, 0) is 4.79 Å². The van der Waals surface area contributed by atoms with Crippen LogP contribution in [0.3, 0.4) is 0 Å². The maximum atomic E-state index is 11.5. The number of hydrogen-bond acceptors (Lipinski definition) is 4. The summed E-state index contributed by atoms with van der Waals surface area (Å²) < 4.78 is 0. The lowest BCUT2D eigenvalue weighted by Gasteiger charge is -2.35. The van der Waals surface area contributed by atoms with E-state index in [9.17, 15) is 4.79 Å². The fourth-order valence-corrected chi connectivity index (χ4v) is 3.23. The van der Waals surface area contributed by atoms with E-state index in [-0.39, 0.29) is 6.17 Å². The van der Waals surface area contributed by atoms with Crippen LogP contribution in [-0.4, -0.2) is 49.6 Å². The van der Waals surface area contributed by atoms with E-state index in [1.165, 1.54) is 12.8 Å². The molecule has 1 aromatic carbocycles. The Kier molecular flexibility index (Phi) is 3.80. The fourth-order valence-electron chi connectivity index (χ4n) is 3.23. The summed E-state index contributed by atoms with van der Waals surface area (Å²) in [6.45, 7) is 4.03. The van der Waals surface area contributed by atoms with Gasteiger partial charge in [-0.05, 0) is 31.5 Å². The van der Waals surface area contributed by atoms with Gasteiger partial charge in [0.05, 0.1) is 0 Å². The summed E-state index contributed by atoms with van der Waals surface area (Å²) in [5.74, 6) is 0. The molecule has 2 aliphatic heterocycles. The molecule has 0 aromatic heterocycles. The Morgan fingerprint density at radius 2 is 2.05 bits per heavy atom. The van der Waals surface area contributed by atoms with Crippen LogP contribution in [0.4, 0.5) is 5.69 Å². The van der Waals surface area contributed by atoms with Crippen molar-refractivity contribution in [1.82, 2.24) is 10.2 Å². The molecule has 3 rings (SSSR count). The predicted octanol–water partition coefficient (Wildman–Crippen LogP) is 1.09. The van der Waals surface area contributed by atoms with Crippen LogP contribution in [0.5, 0.6) is 0 Å². The lowest BCUT2D eigenvalue weighted by atomic mass is 10.1. The van der Waals surface area contributed by atoms with E-state index in [0.29, 0.717) is 6.04 Å². The molecule has 1 N–H and O–H groups in total. The molecule has 2 unspecified atom stereocenters. The van der Waals surface area contributed by atoms with Gasteiger partial charge in [-0.15, -0.1) is 0 Å². The van der Waals surface area contributed by atoms with Gasteiger partial charge in [0.15, 0.2) is 6.29 Å². The summed E-state index contributed by atoms with van der Waals surface area (Å²) in [5.41, 5.74) is 1.14.